The topological polar surface area (TPSA) is 77.8 Å². The number of amides is 1. The number of thiophene rings is 1. The Morgan fingerprint density at radius 1 is 0.960 bits per heavy atom. The third kappa shape index (κ3) is 3.12. The maximum absolute atomic E-state index is 12.5. The monoisotopic (exact) mass is 349 g/mol. The fraction of sp³-hybridized carbons (Fsp3) is 0.0526. The number of imidazole rings is 1. The SMILES string of the molecule is Cc1ccc(-c2ccc(C(=O)Nc3ccc4[nH]c(=O)[nH]c4c3)s2)cc1. The predicted octanol–water partition coefficient (Wildman–Crippen LogP) is 4.15. The van der Waals surface area contributed by atoms with Gasteiger partial charge in [0.15, 0.2) is 0 Å². The number of aryl methyl sites for hydroxylation is 1. The first kappa shape index (κ1) is 15.4. The van der Waals surface area contributed by atoms with E-state index in [0.717, 1.165) is 10.4 Å². The van der Waals surface area contributed by atoms with Crippen LogP contribution in [0.2, 0.25) is 0 Å². The number of aromatic nitrogens is 2. The molecule has 0 radical (unpaired) electrons. The van der Waals surface area contributed by atoms with Crippen molar-refractivity contribution in [3.8, 4) is 10.4 Å². The molecule has 25 heavy (non-hydrogen) atoms. The van der Waals surface area contributed by atoms with E-state index in [1.54, 1.807) is 18.2 Å². The van der Waals surface area contributed by atoms with Crippen molar-refractivity contribution < 1.29 is 4.79 Å². The molecule has 0 saturated carbocycles. The first-order valence-electron chi connectivity index (χ1n) is 7.79. The van der Waals surface area contributed by atoms with Crippen molar-refractivity contribution in [1.29, 1.82) is 0 Å². The molecular weight excluding hydrogens is 334 g/mol. The van der Waals surface area contributed by atoms with E-state index in [4.69, 9.17) is 0 Å². The zero-order chi connectivity index (χ0) is 17.4. The Morgan fingerprint density at radius 2 is 1.72 bits per heavy atom. The molecule has 5 nitrogen and oxygen atoms in total. The van der Waals surface area contributed by atoms with Crippen LogP contribution in [0, 0.1) is 6.92 Å². The summed E-state index contributed by atoms with van der Waals surface area (Å²) in [4.78, 5) is 30.8. The molecule has 0 bridgehead atoms. The summed E-state index contributed by atoms with van der Waals surface area (Å²) in [6.07, 6.45) is 0. The van der Waals surface area contributed by atoms with Crippen molar-refractivity contribution in [1.82, 2.24) is 9.97 Å². The van der Waals surface area contributed by atoms with Crippen molar-refractivity contribution in [2.45, 2.75) is 6.92 Å². The number of fused-ring (bicyclic) bond motifs is 1. The van der Waals surface area contributed by atoms with Crippen LogP contribution >= 0.6 is 11.3 Å². The van der Waals surface area contributed by atoms with Gasteiger partial charge in [-0.15, -0.1) is 11.3 Å². The molecule has 2 aromatic heterocycles. The summed E-state index contributed by atoms with van der Waals surface area (Å²) in [7, 11) is 0. The van der Waals surface area contributed by atoms with E-state index >= 15 is 0 Å². The van der Waals surface area contributed by atoms with Gasteiger partial charge in [-0.2, -0.15) is 0 Å². The number of carbonyl (C=O) groups is 1. The number of carbonyl (C=O) groups excluding carboxylic acids is 1. The molecule has 0 saturated heterocycles. The number of nitrogens with one attached hydrogen (secondary N) is 3. The zero-order valence-corrected chi connectivity index (χ0v) is 14.2. The Kier molecular flexibility index (Phi) is 3.74. The molecule has 3 N–H and O–H groups in total. The van der Waals surface area contributed by atoms with Crippen LogP contribution in [-0.4, -0.2) is 15.9 Å². The van der Waals surface area contributed by atoms with Crippen molar-refractivity contribution in [2.24, 2.45) is 0 Å². The first-order chi connectivity index (χ1) is 12.1. The summed E-state index contributed by atoms with van der Waals surface area (Å²) < 4.78 is 0. The number of hydrogen-bond acceptors (Lipinski definition) is 3. The van der Waals surface area contributed by atoms with Crippen LogP contribution in [-0.2, 0) is 0 Å². The molecule has 2 heterocycles. The first-order valence-corrected chi connectivity index (χ1v) is 8.60. The van der Waals surface area contributed by atoms with Gasteiger partial charge in [0.2, 0.25) is 0 Å². The second kappa shape index (κ2) is 6.07. The molecule has 4 rings (SSSR count). The van der Waals surface area contributed by atoms with Gasteiger partial charge in [0.25, 0.3) is 5.91 Å². The predicted molar refractivity (Wildman–Crippen MR) is 101 cm³/mol. The van der Waals surface area contributed by atoms with Gasteiger partial charge < -0.3 is 15.3 Å². The van der Waals surface area contributed by atoms with E-state index in [1.807, 2.05) is 19.1 Å². The molecule has 6 heteroatoms. The molecule has 2 aromatic carbocycles. The molecule has 0 aliphatic heterocycles. The van der Waals surface area contributed by atoms with Crippen LogP contribution in [0.15, 0.2) is 59.4 Å². The Hall–Kier alpha value is -3.12. The van der Waals surface area contributed by atoms with Gasteiger partial charge in [-0.25, -0.2) is 4.79 Å². The number of benzene rings is 2. The molecule has 4 aromatic rings. The molecular formula is C19H15N3O2S. The van der Waals surface area contributed by atoms with E-state index in [9.17, 15) is 9.59 Å². The zero-order valence-electron chi connectivity index (χ0n) is 13.4. The number of hydrogen-bond donors (Lipinski definition) is 3. The Bertz CT molecular complexity index is 1120. The number of H-pyrrole nitrogens is 2. The van der Waals surface area contributed by atoms with E-state index in [2.05, 4.69) is 39.6 Å². The quantitative estimate of drug-likeness (QED) is 0.520. The van der Waals surface area contributed by atoms with Crippen molar-refractivity contribution in [3.05, 3.63) is 75.5 Å². The second-order valence-corrected chi connectivity index (χ2v) is 6.91. The van der Waals surface area contributed by atoms with Crippen molar-refractivity contribution >= 4 is 34.0 Å². The van der Waals surface area contributed by atoms with Gasteiger partial charge in [0, 0.05) is 10.6 Å². The molecule has 0 atom stereocenters. The van der Waals surface area contributed by atoms with E-state index < -0.39 is 0 Å². The van der Waals surface area contributed by atoms with E-state index in [-0.39, 0.29) is 11.6 Å². The lowest BCUT2D eigenvalue weighted by atomic mass is 10.1. The van der Waals surface area contributed by atoms with Gasteiger partial charge in [-0.1, -0.05) is 29.8 Å². The van der Waals surface area contributed by atoms with Crippen molar-refractivity contribution in [3.63, 3.8) is 0 Å². The normalized spacial score (nSPS) is 10.9. The minimum atomic E-state index is -0.264. The Morgan fingerprint density at radius 3 is 2.52 bits per heavy atom. The van der Waals surface area contributed by atoms with Crippen LogP contribution in [0.4, 0.5) is 5.69 Å². The molecule has 0 fully saturated rings. The third-order valence-corrected chi connectivity index (χ3v) is 5.07. The average Bonchev–Trinajstić information content (AvgIpc) is 3.21. The van der Waals surface area contributed by atoms with E-state index in [1.165, 1.54) is 16.9 Å². The Labute approximate surface area is 147 Å². The summed E-state index contributed by atoms with van der Waals surface area (Å²) in [5.74, 6) is -0.166. The summed E-state index contributed by atoms with van der Waals surface area (Å²) >= 11 is 1.45. The molecule has 0 aliphatic rings. The third-order valence-electron chi connectivity index (χ3n) is 3.94. The summed E-state index contributed by atoms with van der Waals surface area (Å²) in [6.45, 7) is 2.05. The lowest BCUT2D eigenvalue weighted by Gasteiger charge is -2.03. The largest absolute Gasteiger partial charge is 0.323 e. The Balaban J connectivity index is 1.56. The number of anilines is 1. The van der Waals surface area contributed by atoms with Crippen LogP contribution in [0.25, 0.3) is 21.5 Å². The average molecular weight is 349 g/mol. The molecule has 0 aliphatic carbocycles. The minimum Gasteiger partial charge on any atom is -0.321 e. The van der Waals surface area contributed by atoms with Crippen LogP contribution in [0.5, 0.6) is 0 Å². The number of aromatic amines is 2. The fourth-order valence-electron chi connectivity index (χ4n) is 2.64. The highest BCUT2D eigenvalue weighted by Gasteiger charge is 2.11. The fourth-order valence-corrected chi connectivity index (χ4v) is 3.54. The number of rotatable bonds is 3. The molecule has 0 spiro atoms. The van der Waals surface area contributed by atoms with Crippen LogP contribution in [0.1, 0.15) is 15.2 Å². The minimum absolute atomic E-state index is 0.166. The molecule has 0 unspecified atom stereocenters. The maximum Gasteiger partial charge on any atom is 0.323 e. The van der Waals surface area contributed by atoms with Gasteiger partial charge in [-0.3, -0.25) is 4.79 Å². The van der Waals surface area contributed by atoms with Gasteiger partial charge in [0.05, 0.1) is 15.9 Å². The van der Waals surface area contributed by atoms with Crippen LogP contribution in [0.3, 0.4) is 0 Å². The van der Waals surface area contributed by atoms with Gasteiger partial charge >= 0.3 is 5.69 Å². The summed E-state index contributed by atoms with van der Waals surface area (Å²) in [5.41, 5.74) is 4.05. The van der Waals surface area contributed by atoms with E-state index in [0.29, 0.717) is 21.6 Å². The summed E-state index contributed by atoms with van der Waals surface area (Å²) in [5, 5.41) is 2.87. The highest BCUT2D eigenvalue weighted by Crippen LogP contribution is 2.29. The smallest absolute Gasteiger partial charge is 0.321 e. The van der Waals surface area contributed by atoms with Crippen LogP contribution < -0.4 is 11.0 Å². The lowest BCUT2D eigenvalue weighted by Crippen LogP contribution is -2.09. The highest BCUT2D eigenvalue weighted by molar-refractivity contribution is 7.17. The molecule has 1 amide bonds. The second-order valence-electron chi connectivity index (χ2n) is 5.82. The maximum atomic E-state index is 12.5. The standard InChI is InChI=1S/C19H15N3O2S/c1-11-2-4-12(5-3-11)16-8-9-17(25-16)18(23)20-13-6-7-14-15(10-13)22-19(24)21-14/h2-10H,1H3,(H,20,23)(H2,21,22,24). The summed E-state index contributed by atoms with van der Waals surface area (Å²) in [6, 6.07) is 17.3. The van der Waals surface area contributed by atoms with Gasteiger partial charge in [-0.05, 0) is 42.8 Å². The highest BCUT2D eigenvalue weighted by atomic mass is 32.1. The van der Waals surface area contributed by atoms with Crippen molar-refractivity contribution in [2.75, 3.05) is 5.32 Å². The molecule has 124 valence electrons. The van der Waals surface area contributed by atoms with Gasteiger partial charge in [0.1, 0.15) is 0 Å². The lowest BCUT2D eigenvalue weighted by molar-refractivity contribution is 0.103.